The SMILES string of the molecule is COc1cc(-c2ccc3nc(C)nc(Cl)c3c2)ccc1CC(=O)N(C)C. The summed E-state index contributed by atoms with van der Waals surface area (Å²) < 4.78 is 5.49. The third kappa shape index (κ3) is 3.63. The fraction of sp³-hybridized carbons (Fsp3) is 0.250. The van der Waals surface area contributed by atoms with E-state index >= 15 is 0 Å². The molecule has 1 amide bonds. The molecule has 1 aromatic heterocycles. The predicted molar refractivity (Wildman–Crippen MR) is 104 cm³/mol. The number of methoxy groups -OCH3 is 1. The molecule has 3 rings (SSSR count). The molecule has 1 heterocycles. The summed E-state index contributed by atoms with van der Waals surface area (Å²) in [6.45, 7) is 1.82. The number of aromatic nitrogens is 2. The highest BCUT2D eigenvalue weighted by Gasteiger charge is 2.12. The van der Waals surface area contributed by atoms with E-state index in [0.717, 1.165) is 27.6 Å². The minimum atomic E-state index is 0.0288. The van der Waals surface area contributed by atoms with Gasteiger partial charge in [0, 0.05) is 25.0 Å². The van der Waals surface area contributed by atoms with Crippen molar-refractivity contribution in [2.75, 3.05) is 21.2 Å². The quantitative estimate of drug-likeness (QED) is 0.654. The zero-order valence-electron chi connectivity index (χ0n) is 15.2. The molecule has 0 bridgehead atoms. The van der Waals surface area contributed by atoms with E-state index in [1.807, 2.05) is 43.3 Å². The summed E-state index contributed by atoms with van der Waals surface area (Å²) in [5, 5.41) is 1.25. The third-order valence-electron chi connectivity index (χ3n) is 4.22. The molecular weight excluding hydrogens is 350 g/mol. The van der Waals surface area contributed by atoms with Gasteiger partial charge in [-0.1, -0.05) is 29.8 Å². The minimum absolute atomic E-state index is 0.0288. The van der Waals surface area contributed by atoms with Gasteiger partial charge < -0.3 is 9.64 Å². The van der Waals surface area contributed by atoms with Crippen molar-refractivity contribution in [2.24, 2.45) is 0 Å². The lowest BCUT2D eigenvalue weighted by atomic mass is 10.00. The number of hydrogen-bond donors (Lipinski definition) is 0. The largest absolute Gasteiger partial charge is 0.496 e. The molecule has 0 aliphatic carbocycles. The average molecular weight is 370 g/mol. The van der Waals surface area contributed by atoms with Crippen LogP contribution in [0.5, 0.6) is 5.75 Å². The lowest BCUT2D eigenvalue weighted by Gasteiger charge is -2.14. The first-order valence-electron chi connectivity index (χ1n) is 8.20. The maximum absolute atomic E-state index is 12.0. The molecule has 0 saturated carbocycles. The molecule has 0 atom stereocenters. The molecule has 2 aromatic carbocycles. The molecule has 0 saturated heterocycles. The van der Waals surface area contributed by atoms with E-state index in [0.29, 0.717) is 23.1 Å². The standard InChI is InChI=1S/C20H20ClN3O2/c1-12-22-17-8-7-13(9-16(17)20(21)23-12)14-5-6-15(18(10-14)26-4)11-19(25)24(2)3/h5-10H,11H2,1-4H3. The van der Waals surface area contributed by atoms with Crippen LogP contribution in [0.15, 0.2) is 36.4 Å². The van der Waals surface area contributed by atoms with Gasteiger partial charge in [-0.25, -0.2) is 9.97 Å². The van der Waals surface area contributed by atoms with Gasteiger partial charge in [0.2, 0.25) is 5.91 Å². The molecule has 5 nitrogen and oxygen atoms in total. The number of likely N-dealkylation sites (N-methyl/N-ethyl adjacent to an activating group) is 1. The molecule has 0 radical (unpaired) electrons. The Labute approximate surface area is 157 Å². The number of nitrogens with zero attached hydrogens (tertiary/aromatic N) is 3. The van der Waals surface area contributed by atoms with Crippen LogP contribution in [0, 0.1) is 6.92 Å². The number of ether oxygens (including phenoxy) is 1. The van der Waals surface area contributed by atoms with Gasteiger partial charge in [0.1, 0.15) is 16.7 Å². The smallest absolute Gasteiger partial charge is 0.226 e. The van der Waals surface area contributed by atoms with Crippen LogP contribution in [0.1, 0.15) is 11.4 Å². The lowest BCUT2D eigenvalue weighted by Crippen LogP contribution is -2.23. The van der Waals surface area contributed by atoms with Crippen molar-refractivity contribution >= 4 is 28.4 Å². The molecule has 0 fully saturated rings. The first-order valence-corrected chi connectivity index (χ1v) is 8.58. The fourth-order valence-electron chi connectivity index (χ4n) is 2.77. The van der Waals surface area contributed by atoms with E-state index in [2.05, 4.69) is 9.97 Å². The van der Waals surface area contributed by atoms with Crippen molar-refractivity contribution < 1.29 is 9.53 Å². The molecule has 3 aromatic rings. The summed E-state index contributed by atoms with van der Waals surface area (Å²) in [6.07, 6.45) is 0.299. The van der Waals surface area contributed by atoms with E-state index in [1.54, 1.807) is 26.1 Å². The zero-order valence-corrected chi connectivity index (χ0v) is 16.0. The first kappa shape index (κ1) is 18.1. The van der Waals surface area contributed by atoms with Gasteiger partial charge in [0.25, 0.3) is 0 Å². The van der Waals surface area contributed by atoms with Crippen molar-refractivity contribution in [3.05, 3.63) is 52.9 Å². The van der Waals surface area contributed by atoms with Crippen LogP contribution in [0.2, 0.25) is 5.15 Å². The van der Waals surface area contributed by atoms with Crippen molar-refractivity contribution in [1.29, 1.82) is 0 Å². The summed E-state index contributed by atoms with van der Waals surface area (Å²) in [5.41, 5.74) is 3.62. The Morgan fingerprint density at radius 2 is 1.81 bits per heavy atom. The predicted octanol–water partition coefficient (Wildman–Crippen LogP) is 3.90. The van der Waals surface area contributed by atoms with Crippen LogP contribution in [-0.4, -0.2) is 42.0 Å². The number of hydrogen-bond acceptors (Lipinski definition) is 4. The molecule has 0 unspecified atom stereocenters. The summed E-state index contributed by atoms with van der Waals surface area (Å²) in [6, 6.07) is 11.7. The number of carbonyl (C=O) groups excluding carboxylic acids is 1. The summed E-state index contributed by atoms with van der Waals surface area (Å²) in [5.74, 6) is 1.36. The van der Waals surface area contributed by atoms with Crippen molar-refractivity contribution in [3.8, 4) is 16.9 Å². The topological polar surface area (TPSA) is 55.3 Å². The fourth-order valence-corrected chi connectivity index (χ4v) is 3.04. The second-order valence-electron chi connectivity index (χ2n) is 6.29. The Balaban J connectivity index is 2.01. The van der Waals surface area contributed by atoms with E-state index < -0.39 is 0 Å². The van der Waals surface area contributed by atoms with Gasteiger partial charge in [-0.3, -0.25) is 4.79 Å². The number of aryl methyl sites for hydroxylation is 1. The maximum atomic E-state index is 12.0. The van der Waals surface area contributed by atoms with Gasteiger partial charge in [-0.2, -0.15) is 0 Å². The Kier molecular flexibility index (Phi) is 5.09. The summed E-state index contributed by atoms with van der Waals surface area (Å²) in [7, 11) is 5.09. The van der Waals surface area contributed by atoms with Crippen LogP contribution in [0.3, 0.4) is 0 Å². The first-order chi connectivity index (χ1) is 12.4. The summed E-state index contributed by atoms with van der Waals surface area (Å²) in [4.78, 5) is 22.2. The molecule has 6 heteroatoms. The molecule has 0 aliphatic rings. The van der Waals surface area contributed by atoms with Gasteiger partial charge in [0.05, 0.1) is 19.0 Å². The van der Waals surface area contributed by atoms with Crippen LogP contribution in [0.4, 0.5) is 0 Å². The Morgan fingerprint density at radius 1 is 1.12 bits per heavy atom. The van der Waals surface area contributed by atoms with E-state index in [-0.39, 0.29) is 5.91 Å². The highest BCUT2D eigenvalue weighted by atomic mass is 35.5. The van der Waals surface area contributed by atoms with Crippen molar-refractivity contribution in [2.45, 2.75) is 13.3 Å². The molecular formula is C20H20ClN3O2. The Bertz CT molecular complexity index is 986. The maximum Gasteiger partial charge on any atom is 0.226 e. The van der Waals surface area contributed by atoms with E-state index in [4.69, 9.17) is 16.3 Å². The van der Waals surface area contributed by atoms with Gasteiger partial charge in [0.15, 0.2) is 0 Å². The highest BCUT2D eigenvalue weighted by Crippen LogP contribution is 2.31. The number of fused-ring (bicyclic) bond motifs is 1. The lowest BCUT2D eigenvalue weighted by molar-refractivity contribution is -0.127. The molecule has 26 heavy (non-hydrogen) atoms. The molecule has 0 N–H and O–H groups in total. The molecule has 0 spiro atoms. The van der Waals surface area contributed by atoms with Crippen LogP contribution in [0.25, 0.3) is 22.0 Å². The third-order valence-corrected chi connectivity index (χ3v) is 4.51. The average Bonchev–Trinajstić information content (AvgIpc) is 2.61. The van der Waals surface area contributed by atoms with Crippen molar-refractivity contribution in [1.82, 2.24) is 14.9 Å². The van der Waals surface area contributed by atoms with E-state index in [1.165, 1.54) is 0 Å². The number of halogens is 1. The highest BCUT2D eigenvalue weighted by molar-refractivity contribution is 6.34. The second-order valence-corrected chi connectivity index (χ2v) is 6.64. The second kappa shape index (κ2) is 7.30. The zero-order chi connectivity index (χ0) is 18.8. The minimum Gasteiger partial charge on any atom is -0.496 e. The normalized spacial score (nSPS) is 10.8. The monoisotopic (exact) mass is 369 g/mol. The number of rotatable bonds is 4. The van der Waals surface area contributed by atoms with Crippen LogP contribution < -0.4 is 4.74 Å². The van der Waals surface area contributed by atoms with E-state index in [9.17, 15) is 4.79 Å². The molecule has 0 aliphatic heterocycles. The number of carbonyl (C=O) groups is 1. The van der Waals surface area contributed by atoms with Crippen molar-refractivity contribution in [3.63, 3.8) is 0 Å². The van der Waals surface area contributed by atoms with Gasteiger partial charge in [-0.05, 0) is 36.2 Å². The number of benzene rings is 2. The van der Waals surface area contributed by atoms with Gasteiger partial charge >= 0.3 is 0 Å². The number of amides is 1. The Morgan fingerprint density at radius 3 is 2.50 bits per heavy atom. The van der Waals surface area contributed by atoms with Crippen LogP contribution in [-0.2, 0) is 11.2 Å². The van der Waals surface area contributed by atoms with Gasteiger partial charge in [-0.15, -0.1) is 0 Å². The summed E-state index contributed by atoms with van der Waals surface area (Å²) >= 11 is 6.27. The Hall–Kier alpha value is -2.66. The van der Waals surface area contributed by atoms with Crippen LogP contribution >= 0.6 is 11.6 Å². The molecule has 134 valence electrons.